The van der Waals surface area contributed by atoms with Crippen molar-refractivity contribution < 1.29 is 14.0 Å². The summed E-state index contributed by atoms with van der Waals surface area (Å²) in [6.45, 7) is 4.53. The second-order valence-electron chi connectivity index (χ2n) is 11.2. The molecule has 1 aromatic rings. The van der Waals surface area contributed by atoms with Crippen molar-refractivity contribution in [3.8, 4) is 0 Å². The Morgan fingerprint density at radius 2 is 1.81 bits per heavy atom. The number of hydrogen-bond donors (Lipinski definition) is 1. The van der Waals surface area contributed by atoms with Gasteiger partial charge in [-0.15, -0.1) is 0 Å². The van der Waals surface area contributed by atoms with Gasteiger partial charge in [0.2, 0.25) is 5.91 Å². The molecule has 6 heteroatoms. The Hall–Kier alpha value is -1.62. The second kappa shape index (κ2) is 7.72. The fraction of sp³-hybridized carbons (Fsp3) is 0.692. The van der Waals surface area contributed by atoms with E-state index >= 15 is 0 Å². The van der Waals surface area contributed by atoms with Crippen LogP contribution in [-0.4, -0.2) is 36.0 Å². The number of carbonyl (C=O) groups excluding carboxylic acids is 2. The number of carbonyl (C=O) groups is 2. The van der Waals surface area contributed by atoms with E-state index in [0.29, 0.717) is 34.9 Å². The minimum Gasteiger partial charge on any atom is -0.340 e. The molecule has 3 saturated carbocycles. The van der Waals surface area contributed by atoms with Crippen molar-refractivity contribution in [1.82, 2.24) is 4.90 Å². The molecule has 4 fully saturated rings. The largest absolute Gasteiger partial charge is 0.340 e. The Kier molecular flexibility index (Phi) is 5.35. The van der Waals surface area contributed by atoms with Crippen LogP contribution >= 0.6 is 11.6 Å². The number of nitrogens with zero attached hydrogens (tertiary/aromatic N) is 1. The molecule has 4 aliphatic rings. The maximum absolute atomic E-state index is 14.7. The number of amides is 2. The lowest BCUT2D eigenvalue weighted by molar-refractivity contribution is -0.169. The van der Waals surface area contributed by atoms with Gasteiger partial charge in [0.15, 0.2) is 6.17 Å². The molecule has 4 nitrogen and oxygen atoms in total. The van der Waals surface area contributed by atoms with Crippen LogP contribution in [0.4, 0.5) is 10.1 Å². The minimum absolute atomic E-state index is 0.0280. The molecule has 0 aromatic heterocycles. The van der Waals surface area contributed by atoms with Crippen molar-refractivity contribution in [1.29, 1.82) is 0 Å². The number of likely N-dealkylation sites (tertiary alicyclic amines) is 1. The molecule has 0 bridgehead atoms. The molecule has 0 radical (unpaired) electrons. The molecule has 3 aliphatic carbocycles. The SMILES string of the molecule is CN1C(=O)C(F)C[C@@]2(C)C1CC[C@@H]1[C@H]2CC[C@]2(C)C(C(=O)Nc3ccccc3Cl)CC[C@@H]12. The van der Waals surface area contributed by atoms with Crippen molar-refractivity contribution in [2.75, 3.05) is 12.4 Å². The monoisotopic (exact) mass is 460 g/mol. The van der Waals surface area contributed by atoms with Gasteiger partial charge >= 0.3 is 0 Å². The molecule has 1 aromatic carbocycles. The third-order valence-corrected chi connectivity index (χ3v) is 10.3. The van der Waals surface area contributed by atoms with Crippen molar-refractivity contribution >= 4 is 29.1 Å². The van der Waals surface area contributed by atoms with Gasteiger partial charge in [-0.3, -0.25) is 9.59 Å². The summed E-state index contributed by atoms with van der Waals surface area (Å²) in [6.07, 6.45) is 4.91. The zero-order chi connectivity index (χ0) is 22.8. The number of benzene rings is 1. The van der Waals surface area contributed by atoms with Gasteiger partial charge in [0.25, 0.3) is 5.91 Å². The van der Waals surface area contributed by atoms with Crippen molar-refractivity contribution in [2.45, 2.75) is 71.0 Å². The Bertz CT molecular complexity index is 940. The average Bonchev–Trinajstić information content (AvgIpc) is 3.11. The van der Waals surface area contributed by atoms with Gasteiger partial charge in [0, 0.05) is 19.0 Å². The standard InChI is InChI=1S/C26H34ClFN2O2/c1-25-13-12-17-15(8-11-22-26(17,2)14-20(28)24(32)30(22)3)16(25)9-10-18(25)23(31)29-21-7-5-4-6-19(21)27/h4-7,15-18,20,22H,8-14H2,1-3H3,(H,29,31)/t15-,16-,17+,18?,20?,22?,25-,26+/m0/s1. The summed E-state index contributed by atoms with van der Waals surface area (Å²) in [7, 11) is 1.79. The van der Waals surface area contributed by atoms with Gasteiger partial charge in [0.05, 0.1) is 10.7 Å². The molecule has 32 heavy (non-hydrogen) atoms. The van der Waals surface area contributed by atoms with Gasteiger partial charge in [0.1, 0.15) is 0 Å². The van der Waals surface area contributed by atoms with Crippen LogP contribution < -0.4 is 5.32 Å². The third kappa shape index (κ3) is 3.13. The first kappa shape index (κ1) is 22.2. The van der Waals surface area contributed by atoms with E-state index in [-0.39, 0.29) is 34.6 Å². The summed E-state index contributed by atoms with van der Waals surface area (Å²) in [4.78, 5) is 27.3. The van der Waals surface area contributed by atoms with E-state index in [4.69, 9.17) is 11.6 Å². The number of fused-ring (bicyclic) bond motifs is 5. The third-order valence-electron chi connectivity index (χ3n) is 9.97. The van der Waals surface area contributed by atoms with E-state index in [1.54, 1.807) is 18.0 Å². The highest BCUT2D eigenvalue weighted by atomic mass is 35.5. The number of hydrogen-bond acceptors (Lipinski definition) is 2. The van der Waals surface area contributed by atoms with E-state index in [1.165, 1.54) is 0 Å². The number of para-hydroxylation sites is 1. The van der Waals surface area contributed by atoms with Crippen LogP contribution in [0.15, 0.2) is 24.3 Å². The Balaban J connectivity index is 1.38. The molecule has 1 aliphatic heterocycles. The lowest BCUT2D eigenvalue weighted by Crippen LogP contribution is -2.64. The van der Waals surface area contributed by atoms with Crippen LogP contribution in [0, 0.1) is 34.5 Å². The zero-order valence-corrected chi connectivity index (χ0v) is 20.0. The van der Waals surface area contributed by atoms with E-state index < -0.39 is 6.17 Å². The van der Waals surface area contributed by atoms with Gasteiger partial charge in [-0.25, -0.2) is 4.39 Å². The molecule has 3 unspecified atom stereocenters. The topological polar surface area (TPSA) is 49.4 Å². The summed E-state index contributed by atoms with van der Waals surface area (Å²) in [6, 6.07) is 7.52. The van der Waals surface area contributed by atoms with Crippen LogP contribution in [0.25, 0.3) is 0 Å². The van der Waals surface area contributed by atoms with Crippen LogP contribution in [0.2, 0.25) is 5.02 Å². The van der Waals surface area contributed by atoms with E-state index in [9.17, 15) is 14.0 Å². The number of piperidine rings is 1. The molecule has 2 amide bonds. The molecule has 0 spiro atoms. The first-order valence-electron chi connectivity index (χ1n) is 12.1. The molecular weight excluding hydrogens is 427 g/mol. The quantitative estimate of drug-likeness (QED) is 0.614. The van der Waals surface area contributed by atoms with Crippen molar-refractivity contribution in [3.63, 3.8) is 0 Å². The van der Waals surface area contributed by atoms with Crippen LogP contribution in [-0.2, 0) is 9.59 Å². The first-order chi connectivity index (χ1) is 15.2. The molecule has 174 valence electrons. The van der Waals surface area contributed by atoms with Gasteiger partial charge in [-0.05, 0) is 85.7 Å². The molecule has 1 N–H and O–H groups in total. The maximum Gasteiger partial charge on any atom is 0.257 e. The molecule has 5 rings (SSSR count). The highest BCUT2D eigenvalue weighted by molar-refractivity contribution is 6.33. The highest BCUT2D eigenvalue weighted by Crippen LogP contribution is 2.66. The summed E-state index contributed by atoms with van der Waals surface area (Å²) in [5.41, 5.74) is 0.461. The highest BCUT2D eigenvalue weighted by Gasteiger charge is 2.63. The molecule has 8 atom stereocenters. The number of anilines is 1. The van der Waals surface area contributed by atoms with Crippen molar-refractivity contribution in [2.24, 2.45) is 34.5 Å². The Labute approximate surface area is 195 Å². The Morgan fingerprint density at radius 1 is 1.09 bits per heavy atom. The fourth-order valence-corrected chi connectivity index (χ4v) is 8.60. The number of rotatable bonds is 2. The lowest BCUT2D eigenvalue weighted by atomic mass is 9.46. The summed E-state index contributed by atoms with van der Waals surface area (Å²) in [5, 5.41) is 3.65. The smallest absolute Gasteiger partial charge is 0.257 e. The minimum atomic E-state index is -1.38. The molecular formula is C26H34ClFN2O2. The second-order valence-corrected chi connectivity index (χ2v) is 11.6. The number of alkyl halides is 1. The van der Waals surface area contributed by atoms with Crippen LogP contribution in [0.3, 0.4) is 0 Å². The fourth-order valence-electron chi connectivity index (χ4n) is 8.42. The predicted molar refractivity (Wildman–Crippen MR) is 124 cm³/mol. The molecule has 1 heterocycles. The lowest BCUT2D eigenvalue weighted by Gasteiger charge is -2.62. The number of nitrogens with one attached hydrogen (secondary N) is 1. The predicted octanol–water partition coefficient (Wildman–Crippen LogP) is 5.71. The molecule has 1 saturated heterocycles. The van der Waals surface area contributed by atoms with Gasteiger partial charge in [-0.2, -0.15) is 0 Å². The first-order valence-corrected chi connectivity index (χ1v) is 12.5. The van der Waals surface area contributed by atoms with Gasteiger partial charge < -0.3 is 10.2 Å². The summed E-state index contributed by atoms with van der Waals surface area (Å²) < 4.78 is 14.7. The van der Waals surface area contributed by atoms with E-state index in [0.717, 1.165) is 38.5 Å². The summed E-state index contributed by atoms with van der Waals surface area (Å²) in [5.74, 6) is 1.10. The summed E-state index contributed by atoms with van der Waals surface area (Å²) >= 11 is 6.28. The normalized spacial score (nSPS) is 43.3. The van der Waals surface area contributed by atoms with Gasteiger partial charge in [-0.1, -0.05) is 37.6 Å². The van der Waals surface area contributed by atoms with Crippen molar-refractivity contribution in [3.05, 3.63) is 29.3 Å². The van der Waals surface area contributed by atoms with E-state index in [1.807, 2.05) is 18.2 Å². The van der Waals surface area contributed by atoms with Crippen LogP contribution in [0.5, 0.6) is 0 Å². The number of halogens is 2. The van der Waals surface area contributed by atoms with Crippen LogP contribution in [0.1, 0.15) is 58.8 Å². The average molecular weight is 461 g/mol. The van der Waals surface area contributed by atoms with E-state index in [2.05, 4.69) is 19.2 Å². The zero-order valence-electron chi connectivity index (χ0n) is 19.2. The Morgan fingerprint density at radius 3 is 2.56 bits per heavy atom. The maximum atomic E-state index is 14.7.